The molecule has 1 saturated heterocycles. The van der Waals surface area contributed by atoms with Crippen LogP contribution in [-0.2, 0) is 0 Å². The molecule has 2 heterocycles. The lowest BCUT2D eigenvalue weighted by molar-refractivity contribution is 0.0695. The summed E-state index contributed by atoms with van der Waals surface area (Å²) in [5.41, 5.74) is 0.651. The maximum absolute atomic E-state index is 12.9. The van der Waals surface area contributed by atoms with Gasteiger partial charge >= 0.3 is 0 Å². The number of carbonyl (C=O) groups excluding carboxylic acids is 1. The summed E-state index contributed by atoms with van der Waals surface area (Å²) in [7, 11) is 0. The Hall–Kier alpha value is -3.15. The number of benzene rings is 2. The van der Waals surface area contributed by atoms with E-state index in [0.29, 0.717) is 29.6 Å². The number of hydrogen-bond acceptors (Lipinski definition) is 5. The summed E-state index contributed by atoms with van der Waals surface area (Å²) in [4.78, 5) is 19.1. The van der Waals surface area contributed by atoms with Crippen LogP contribution in [0.4, 0.5) is 0 Å². The number of nitrogens with zero attached hydrogens (tertiary/aromatic N) is 3. The summed E-state index contributed by atoms with van der Waals surface area (Å²) in [6.45, 7) is 3.14. The van der Waals surface area contributed by atoms with Crippen LogP contribution in [0.5, 0.6) is 11.5 Å². The normalized spacial score (nSPS) is 16.9. The molecule has 138 valence electrons. The van der Waals surface area contributed by atoms with Gasteiger partial charge < -0.3 is 14.2 Å². The molecule has 1 amide bonds. The van der Waals surface area contributed by atoms with E-state index < -0.39 is 0 Å². The first-order valence-corrected chi connectivity index (χ1v) is 9.11. The molecule has 0 bridgehead atoms. The van der Waals surface area contributed by atoms with Gasteiger partial charge in [0.25, 0.3) is 5.91 Å². The standard InChI is InChI=1S/C21H21N3O3/c1-15-22-20(27-23-15)17-6-5-13-24(14-17)21(25)16-9-11-19(12-10-16)26-18-7-3-2-4-8-18/h2-4,7-12,17H,5-6,13-14H2,1H3. The van der Waals surface area contributed by atoms with Crippen LogP contribution >= 0.6 is 0 Å². The van der Waals surface area contributed by atoms with E-state index in [0.717, 1.165) is 25.1 Å². The number of para-hydroxylation sites is 1. The van der Waals surface area contributed by atoms with Crippen LogP contribution in [0.1, 0.15) is 40.8 Å². The van der Waals surface area contributed by atoms with Gasteiger partial charge in [0.05, 0.1) is 5.92 Å². The molecule has 4 rings (SSSR count). The van der Waals surface area contributed by atoms with Crippen LogP contribution in [0, 0.1) is 6.92 Å². The van der Waals surface area contributed by atoms with Crippen LogP contribution < -0.4 is 4.74 Å². The van der Waals surface area contributed by atoms with Gasteiger partial charge in [-0.2, -0.15) is 4.98 Å². The Kier molecular flexibility index (Phi) is 4.87. The quantitative estimate of drug-likeness (QED) is 0.695. The molecular weight excluding hydrogens is 342 g/mol. The molecule has 0 spiro atoms. The van der Waals surface area contributed by atoms with Gasteiger partial charge in [-0.05, 0) is 56.2 Å². The van der Waals surface area contributed by atoms with Crippen molar-refractivity contribution in [3.05, 3.63) is 71.9 Å². The van der Waals surface area contributed by atoms with Crippen molar-refractivity contribution in [2.24, 2.45) is 0 Å². The molecule has 1 fully saturated rings. The van der Waals surface area contributed by atoms with E-state index in [9.17, 15) is 4.79 Å². The largest absolute Gasteiger partial charge is 0.457 e. The fourth-order valence-electron chi connectivity index (χ4n) is 3.31. The minimum absolute atomic E-state index is 0.0159. The lowest BCUT2D eigenvalue weighted by Gasteiger charge is -2.31. The van der Waals surface area contributed by atoms with Crippen molar-refractivity contribution < 1.29 is 14.1 Å². The number of likely N-dealkylation sites (tertiary alicyclic amines) is 1. The van der Waals surface area contributed by atoms with Crippen molar-refractivity contribution in [1.29, 1.82) is 0 Å². The smallest absolute Gasteiger partial charge is 0.253 e. The highest BCUT2D eigenvalue weighted by molar-refractivity contribution is 5.94. The highest BCUT2D eigenvalue weighted by Crippen LogP contribution is 2.27. The van der Waals surface area contributed by atoms with Crippen LogP contribution in [-0.4, -0.2) is 34.0 Å². The number of aryl methyl sites for hydroxylation is 1. The molecule has 0 radical (unpaired) electrons. The molecule has 1 aliphatic heterocycles. The van der Waals surface area contributed by atoms with Crippen LogP contribution in [0.25, 0.3) is 0 Å². The average molecular weight is 363 g/mol. The molecule has 3 aromatic rings. The second-order valence-corrected chi connectivity index (χ2v) is 6.71. The summed E-state index contributed by atoms with van der Waals surface area (Å²) in [5, 5.41) is 3.86. The summed E-state index contributed by atoms with van der Waals surface area (Å²) in [6.07, 6.45) is 1.88. The van der Waals surface area contributed by atoms with Gasteiger partial charge in [-0.25, -0.2) is 0 Å². The average Bonchev–Trinajstić information content (AvgIpc) is 3.15. The first-order valence-electron chi connectivity index (χ1n) is 9.11. The zero-order chi connectivity index (χ0) is 18.6. The minimum atomic E-state index is 0.0159. The fourth-order valence-corrected chi connectivity index (χ4v) is 3.31. The second kappa shape index (κ2) is 7.61. The molecule has 1 aliphatic rings. The number of piperidine rings is 1. The number of rotatable bonds is 4. The molecule has 6 heteroatoms. The van der Waals surface area contributed by atoms with Gasteiger partial charge in [0, 0.05) is 18.7 Å². The van der Waals surface area contributed by atoms with E-state index in [-0.39, 0.29) is 11.8 Å². The Bertz CT molecular complexity index is 906. The zero-order valence-electron chi connectivity index (χ0n) is 15.2. The number of ether oxygens (including phenoxy) is 1. The summed E-state index contributed by atoms with van der Waals surface area (Å²) < 4.78 is 11.1. The predicted octanol–water partition coefficient (Wildman–Crippen LogP) is 4.19. The molecule has 0 aliphatic carbocycles. The van der Waals surface area contributed by atoms with Gasteiger partial charge in [-0.1, -0.05) is 23.4 Å². The van der Waals surface area contributed by atoms with E-state index in [1.165, 1.54) is 0 Å². The van der Waals surface area contributed by atoms with Crippen molar-refractivity contribution in [2.45, 2.75) is 25.7 Å². The molecular formula is C21H21N3O3. The van der Waals surface area contributed by atoms with Crippen molar-refractivity contribution in [3.8, 4) is 11.5 Å². The predicted molar refractivity (Wildman–Crippen MR) is 99.9 cm³/mol. The molecule has 1 unspecified atom stereocenters. The number of hydrogen-bond donors (Lipinski definition) is 0. The molecule has 1 atom stereocenters. The van der Waals surface area contributed by atoms with Gasteiger partial charge in [0.15, 0.2) is 5.82 Å². The van der Waals surface area contributed by atoms with Crippen LogP contribution in [0.2, 0.25) is 0 Å². The fraction of sp³-hybridized carbons (Fsp3) is 0.286. The Morgan fingerprint density at radius 2 is 1.85 bits per heavy atom. The first-order chi connectivity index (χ1) is 13.2. The highest BCUT2D eigenvalue weighted by Gasteiger charge is 2.28. The summed E-state index contributed by atoms with van der Waals surface area (Å²) >= 11 is 0. The van der Waals surface area contributed by atoms with Gasteiger partial charge in [-0.15, -0.1) is 0 Å². The van der Waals surface area contributed by atoms with Gasteiger partial charge in [-0.3, -0.25) is 4.79 Å². The van der Waals surface area contributed by atoms with Crippen molar-refractivity contribution in [3.63, 3.8) is 0 Å². The van der Waals surface area contributed by atoms with E-state index in [1.54, 1.807) is 19.1 Å². The van der Waals surface area contributed by atoms with Gasteiger partial charge in [0.1, 0.15) is 11.5 Å². The monoisotopic (exact) mass is 363 g/mol. The minimum Gasteiger partial charge on any atom is -0.457 e. The Morgan fingerprint density at radius 1 is 1.11 bits per heavy atom. The Morgan fingerprint density at radius 3 is 2.56 bits per heavy atom. The highest BCUT2D eigenvalue weighted by atomic mass is 16.5. The zero-order valence-corrected chi connectivity index (χ0v) is 15.2. The number of amides is 1. The maximum atomic E-state index is 12.9. The third-order valence-electron chi connectivity index (χ3n) is 4.68. The lowest BCUT2D eigenvalue weighted by Crippen LogP contribution is -2.39. The second-order valence-electron chi connectivity index (χ2n) is 6.71. The summed E-state index contributed by atoms with van der Waals surface area (Å²) in [5.74, 6) is 2.84. The molecule has 0 saturated carbocycles. The van der Waals surface area contributed by atoms with E-state index in [4.69, 9.17) is 9.26 Å². The molecule has 6 nitrogen and oxygen atoms in total. The van der Waals surface area contributed by atoms with Crippen molar-refractivity contribution in [1.82, 2.24) is 15.0 Å². The molecule has 1 aromatic heterocycles. The molecule has 0 N–H and O–H groups in total. The van der Waals surface area contributed by atoms with Crippen LogP contribution in [0.15, 0.2) is 59.1 Å². The SMILES string of the molecule is Cc1noc(C2CCCN(C(=O)c3ccc(Oc4ccccc4)cc3)C2)n1. The van der Waals surface area contributed by atoms with E-state index in [2.05, 4.69) is 10.1 Å². The third kappa shape index (κ3) is 4.00. The summed E-state index contributed by atoms with van der Waals surface area (Å²) in [6, 6.07) is 16.8. The van der Waals surface area contributed by atoms with E-state index in [1.807, 2.05) is 47.4 Å². The topological polar surface area (TPSA) is 68.5 Å². The van der Waals surface area contributed by atoms with Crippen molar-refractivity contribution >= 4 is 5.91 Å². The van der Waals surface area contributed by atoms with E-state index >= 15 is 0 Å². The van der Waals surface area contributed by atoms with Crippen molar-refractivity contribution in [2.75, 3.05) is 13.1 Å². The lowest BCUT2D eigenvalue weighted by atomic mass is 9.97. The number of carbonyl (C=O) groups is 1. The Labute approximate surface area is 157 Å². The molecule has 27 heavy (non-hydrogen) atoms. The molecule has 2 aromatic carbocycles. The van der Waals surface area contributed by atoms with Gasteiger partial charge in [0.2, 0.25) is 5.89 Å². The van der Waals surface area contributed by atoms with Crippen LogP contribution in [0.3, 0.4) is 0 Å². The number of aromatic nitrogens is 2. The Balaban J connectivity index is 1.42. The maximum Gasteiger partial charge on any atom is 0.253 e. The first kappa shape index (κ1) is 17.3. The third-order valence-corrected chi connectivity index (χ3v) is 4.68.